The third kappa shape index (κ3) is 7.51. The van der Waals surface area contributed by atoms with E-state index in [0.717, 1.165) is 25.0 Å². The maximum absolute atomic E-state index is 12.3. The fourth-order valence-electron chi connectivity index (χ4n) is 1.84. The van der Waals surface area contributed by atoms with Gasteiger partial charge in [0.05, 0.1) is 0 Å². The fourth-order valence-corrected chi connectivity index (χ4v) is 1.84. The number of rotatable bonds is 9. The van der Waals surface area contributed by atoms with Crippen LogP contribution in [0.1, 0.15) is 36.0 Å². The number of carbonyl (C=O) groups is 3. The Kier molecular flexibility index (Phi) is 8.56. The number of hydrogen-bond donors (Lipinski definition) is 2. The summed E-state index contributed by atoms with van der Waals surface area (Å²) in [5.41, 5.74) is 4.96. The Morgan fingerprint density at radius 2 is 1.77 bits per heavy atom. The van der Waals surface area contributed by atoms with Gasteiger partial charge in [-0.1, -0.05) is 18.6 Å². The average Bonchev–Trinajstić information content (AvgIpc) is 2.58. The summed E-state index contributed by atoms with van der Waals surface area (Å²) in [6, 6.07) is 4.81. The van der Waals surface area contributed by atoms with Crippen LogP contribution in [0.5, 0.6) is 5.75 Å². The van der Waals surface area contributed by atoms with E-state index in [1.54, 1.807) is 0 Å². The molecule has 1 amide bonds. The van der Waals surface area contributed by atoms with Gasteiger partial charge in [-0.2, -0.15) is 13.2 Å². The van der Waals surface area contributed by atoms with Crippen LogP contribution in [0.4, 0.5) is 13.2 Å². The summed E-state index contributed by atoms with van der Waals surface area (Å²) in [5.74, 6) is -4.43. The summed E-state index contributed by atoms with van der Waals surface area (Å²) >= 11 is 0. The molecule has 1 aromatic carbocycles. The normalized spacial score (nSPS) is 10.9. The van der Waals surface area contributed by atoms with E-state index in [1.807, 2.05) is 0 Å². The first-order valence-electron chi connectivity index (χ1n) is 7.77. The molecule has 0 bridgehead atoms. The Labute approximate surface area is 147 Å². The monoisotopic (exact) mass is 376 g/mol. The van der Waals surface area contributed by atoms with Crippen molar-refractivity contribution in [3.05, 3.63) is 29.8 Å². The molecule has 1 aromatic rings. The molecule has 0 aliphatic heterocycles. The van der Waals surface area contributed by atoms with Crippen LogP contribution in [0.25, 0.3) is 0 Å². The molecule has 0 spiro atoms. The summed E-state index contributed by atoms with van der Waals surface area (Å²) in [6.45, 7) is 0.0770. The van der Waals surface area contributed by atoms with Gasteiger partial charge >= 0.3 is 18.1 Å². The lowest BCUT2D eigenvalue weighted by Crippen LogP contribution is -2.29. The molecule has 0 radical (unpaired) electrons. The van der Waals surface area contributed by atoms with Gasteiger partial charge in [0.25, 0.3) is 0 Å². The average molecular weight is 376 g/mol. The molecule has 26 heavy (non-hydrogen) atoms. The number of esters is 2. The van der Waals surface area contributed by atoms with E-state index in [-0.39, 0.29) is 17.9 Å². The molecule has 0 heterocycles. The van der Waals surface area contributed by atoms with Crippen molar-refractivity contribution >= 4 is 17.8 Å². The molecule has 0 fully saturated rings. The molecule has 0 aliphatic rings. The van der Waals surface area contributed by atoms with Gasteiger partial charge in [-0.25, -0.2) is 9.59 Å². The Morgan fingerprint density at radius 1 is 1.08 bits per heavy atom. The molecule has 0 unspecified atom stereocenters. The van der Waals surface area contributed by atoms with Crippen LogP contribution < -0.4 is 15.8 Å². The Bertz CT molecular complexity index is 635. The first kappa shape index (κ1) is 21.4. The Morgan fingerprint density at radius 3 is 2.42 bits per heavy atom. The van der Waals surface area contributed by atoms with Gasteiger partial charge in [0.2, 0.25) is 5.91 Å². The molecular weight excluding hydrogens is 357 g/mol. The molecule has 0 saturated heterocycles. The Balaban J connectivity index is 2.52. The van der Waals surface area contributed by atoms with Crippen molar-refractivity contribution in [1.82, 2.24) is 5.32 Å². The van der Waals surface area contributed by atoms with Gasteiger partial charge < -0.3 is 20.5 Å². The lowest BCUT2D eigenvalue weighted by atomic mass is 10.2. The highest BCUT2D eigenvalue weighted by Gasteiger charge is 2.41. The highest BCUT2D eigenvalue weighted by atomic mass is 19.4. The van der Waals surface area contributed by atoms with E-state index in [9.17, 15) is 27.6 Å². The molecule has 7 nitrogen and oxygen atoms in total. The van der Waals surface area contributed by atoms with Crippen LogP contribution >= 0.6 is 0 Å². The van der Waals surface area contributed by atoms with E-state index in [0.29, 0.717) is 13.0 Å². The third-order valence-electron chi connectivity index (χ3n) is 3.12. The van der Waals surface area contributed by atoms with E-state index >= 15 is 0 Å². The van der Waals surface area contributed by atoms with Crippen molar-refractivity contribution in [2.75, 3.05) is 13.3 Å². The molecule has 144 valence electrons. The second-order valence-electron chi connectivity index (χ2n) is 5.16. The maximum atomic E-state index is 12.3. The standard InChI is InChI=1S/C16H19F3N2O5/c17-16(18,19)15(24)26-12-7-4-3-6-11(12)14(23)25-10-21-13(22)8-2-1-5-9-20/h3-4,6-7H,1-2,5,8-10,20H2,(H,21,22). The summed E-state index contributed by atoms with van der Waals surface area (Å²) in [5, 5.41) is 2.34. The second-order valence-corrected chi connectivity index (χ2v) is 5.16. The minimum Gasteiger partial charge on any atom is -0.441 e. The Hall–Kier alpha value is -2.62. The van der Waals surface area contributed by atoms with Crippen molar-refractivity contribution < 1.29 is 37.0 Å². The van der Waals surface area contributed by atoms with Crippen LogP contribution in [0, 0.1) is 0 Å². The van der Waals surface area contributed by atoms with Gasteiger partial charge in [0.15, 0.2) is 6.73 Å². The van der Waals surface area contributed by atoms with Gasteiger partial charge in [0.1, 0.15) is 11.3 Å². The number of hydrogen-bond acceptors (Lipinski definition) is 6. The van der Waals surface area contributed by atoms with E-state index in [2.05, 4.69) is 10.1 Å². The number of benzene rings is 1. The number of unbranched alkanes of at least 4 members (excludes halogenated alkanes) is 2. The van der Waals surface area contributed by atoms with Crippen molar-refractivity contribution in [2.45, 2.75) is 31.9 Å². The van der Waals surface area contributed by atoms with Crippen molar-refractivity contribution in [1.29, 1.82) is 0 Å². The lowest BCUT2D eigenvalue weighted by Gasteiger charge is -2.11. The topological polar surface area (TPSA) is 108 Å². The summed E-state index contributed by atoms with van der Waals surface area (Å²) in [6.07, 6.45) is -2.74. The molecule has 10 heteroatoms. The van der Waals surface area contributed by atoms with Crippen LogP contribution in [-0.4, -0.2) is 37.3 Å². The maximum Gasteiger partial charge on any atom is 0.491 e. The smallest absolute Gasteiger partial charge is 0.441 e. The number of nitrogens with two attached hydrogens (primary N) is 1. The first-order chi connectivity index (χ1) is 12.3. The fraction of sp³-hybridized carbons (Fsp3) is 0.438. The summed E-state index contributed by atoms with van der Waals surface area (Å²) in [7, 11) is 0. The molecule has 0 atom stereocenters. The lowest BCUT2D eigenvalue weighted by molar-refractivity contribution is -0.189. The number of nitrogens with one attached hydrogen (secondary N) is 1. The van der Waals surface area contributed by atoms with Gasteiger partial charge in [0, 0.05) is 6.42 Å². The van der Waals surface area contributed by atoms with Crippen LogP contribution in [0.15, 0.2) is 24.3 Å². The minimum absolute atomic E-state index is 0.233. The van der Waals surface area contributed by atoms with E-state index in [1.165, 1.54) is 12.1 Å². The highest BCUT2D eigenvalue weighted by Crippen LogP contribution is 2.23. The van der Waals surface area contributed by atoms with Crippen LogP contribution in [0.2, 0.25) is 0 Å². The second kappa shape index (κ2) is 10.4. The van der Waals surface area contributed by atoms with Gasteiger partial charge in [-0.15, -0.1) is 0 Å². The summed E-state index contributed by atoms with van der Waals surface area (Å²) in [4.78, 5) is 34.3. The van der Waals surface area contributed by atoms with Crippen molar-refractivity contribution in [3.8, 4) is 5.75 Å². The third-order valence-corrected chi connectivity index (χ3v) is 3.12. The number of halogens is 3. The molecule has 1 rings (SSSR count). The predicted molar refractivity (Wildman–Crippen MR) is 84.1 cm³/mol. The quantitative estimate of drug-likeness (QED) is 0.295. The van der Waals surface area contributed by atoms with Gasteiger partial charge in [-0.3, -0.25) is 4.79 Å². The molecule has 0 saturated carbocycles. The SMILES string of the molecule is NCCCCCC(=O)NCOC(=O)c1ccccc1OC(=O)C(F)(F)F. The summed E-state index contributed by atoms with van der Waals surface area (Å²) < 4.78 is 45.7. The predicted octanol–water partition coefficient (Wildman–Crippen LogP) is 1.90. The zero-order chi connectivity index (χ0) is 19.6. The molecule has 3 N–H and O–H groups in total. The number of para-hydroxylation sites is 1. The largest absolute Gasteiger partial charge is 0.491 e. The number of carbonyl (C=O) groups excluding carboxylic acids is 3. The van der Waals surface area contributed by atoms with E-state index in [4.69, 9.17) is 10.5 Å². The number of amides is 1. The van der Waals surface area contributed by atoms with E-state index < -0.39 is 30.6 Å². The number of alkyl halides is 3. The van der Waals surface area contributed by atoms with Crippen LogP contribution in [0.3, 0.4) is 0 Å². The number of ether oxygens (including phenoxy) is 2. The van der Waals surface area contributed by atoms with Crippen LogP contribution in [-0.2, 0) is 14.3 Å². The molecular formula is C16H19F3N2O5. The van der Waals surface area contributed by atoms with Crippen molar-refractivity contribution in [2.24, 2.45) is 5.73 Å². The zero-order valence-corrected chi connectivity index (χ0v) is 13.8. The van der Waals surface area contributed by atoms with Crippen molar-refractivity contribution in [3.63, 3.8) is 0 Å². The first-order valence-corrected chi connectivity index (χ1v) is 7.77. The highest BCUT2D eigenvalue weighted by molar-refractivity contribution is 5.94. The zero-order valence-electron chi connectivity index (χ0n) is 13.8. The van der Waals surface area contributed by atoms with Gasteiger partial charge in [-0.05, 0) is 31.5 Å². The molecule has 0 aliphatic carbocycles. The minimum atomic E-state index is -5.20. The molecule has 0 aromatic heterocycles.